The molecule has 0 aromatic carbocycles. The van der Waals surface area contributed by atoms with E-state index in [0.29, 0.717) is 13.0 Å². The fourth-order valence-corrected chi connectivity index (χ4v) is 0.587. The van der Waals surface area contributed by atoms with E-state index in [9.17, 15) is 4.79 Å². The van der Waals surface area contributed by atoms with Crippen LogP contribution in [-0.2, 0) is 4.79 Å². The summed E-state index contributed by atoms with van der Waals surface area (Å²) in [5.74, 6) is -0.743. The minimum Gasteiger partial charge on any atom is -0.481 e. The van der Waals surface area contributed by atoms with Crippen LogP contribution >= 0.6 is 16.1 Å². The van der Waals surface area contributed by atoms with Gasteiger partial charge in [0.25, 0.3) is 0 Å². The first-order chi connectivity index (χ1) is 3.77. The molecule has 0 fully saturated rings. The third kappa shape index (κ3) is 5.91. The first-order valence-corrected chi connectivity index (χ1v) is 3.12. The van der Waals surface area contributed by atoms with Crippen molar-refractivity contribution in [2.45, 2.75) is 12.8 Å². The molecule has 0 rings (SSSR count). The lowest BCUT2D eigenvalue weighted by Gasteiger charge is -1.90. The number of carbonyl (C=O) groups is 1. The molecule has 3 nitrogen and oxygen atoms in total. The van der Waals surface area contributed by atoms with Crippen molar-refractivity contribution in [1.29, 1.82) is 0 Å². The van der Waals surface area contributed by atoms with E-state index in [4.69, 9.17) is 5.11 Å². The minimum atomic E-state index is -0.743. The highest BCUT2D eigenvalue weighted by molar-refractivity contribution is 9.08. The van der Waals surface area contributed by atoms with Crippen LogP contribution in [0.5, 0.6) is 0 Å². The topological polar surface area (TPSA) is 49.3 Å². The number of carboxylic acid groups (broad SMARTS) is 1. The molecular formula is C4H8BrNO2. The van der Waals surface area contributed by atoms with Crippen molar-refractivity contribution in [3.8, 4) is 0 Å². The zero-order valence-corrected chi connectivity index (χ0v) is 5.94. The maximum Gasteiger partial charge on any atom is 0.303 e. The molecule has 0 bridgehead atoms. The first kappa shape index (κ1) is 7.91. The summed E-state index contributed by atoms with van der Waals surface area (Å²) in [7, 11) is 0. The van der Waals surface area contributed by atoms with Gasteiger partial charge >= 0.3 is 5.97 Å². The standard InChI is InChI=1S/C4H8BrNO2/c5-6-3-1-2-4(7)8/h6H,1-3H2,(H,7,8). The van der Waals surface area contributed by atoms with Crippen LogP contribution in [0.1, 0.15) is 12.8 Å². The summed E-state index contributed by atoms with van der Waals surface area (Å²) in [5.41, 5.74) is 0. The summed E-state index contributed by atoms with van der Waals surface area (Å²) >= 11 is 2.96. The van der Waals surface area contributed by atoms with E-state index < -0.39 is 5.97 Å². The minimum absolute atomic E-state index is 0.235. The molecule has 0 aliphatic rings. The summed E-state index contributed by atoms with van der Waals surface area (Å²) in [5, 5.41) is 8.10. The van der Waals surface area contributed by atoms with Crippen molar-refractivity contribution in [2.75, 3.05) is 6.54 Å². The molecule has 4 heteroatoms. The summed E-state index contributed by atoms with van der Waals surface area (Å²) in [6, 6.07) is 0. The molecule has 0 aromatic rings. The van der Waals surface area contributed by atoms with Gasteiger partial charge < -0.3 is 5.11 Å². The second-order valence-electron chi connectivity index (χ2n) is 1.38. The summed E-state index contributed by atoms with van der Waals surface area (Å²) in [4.78, 5) is 9.83. The predicted octanol–water partition coefficient (Wildman–Crippen LogP) is 0.751. The summed E-state index contributed by atoms with van der Waals surface area (Å²) < 4.78 is 2.67. The first-order valence-electron chi connectivity index (χ1n) is 2.32. The highest BCUT2D eigenvalue weighted by Gasteiger charge is 1.92. The maximum absolute atomic E-state index is 9.83. The van der Waals surface area contributed by atoms with Gasteiger partial charge in [0.2, 0.25) is 0 Å². The van der Waals surface area contributed by atoms with Gasteiger partial charge in [-0.05, 0) is 6.42 Å². The number of carboxylic acids is 1. The Morgan fingerprint density at radius 3 is 2.75 bits per heavy atom. The second-order valence-corrected chi connectivity index (χ2v) is 1.94. The van der Waals surface area contributed by atoms with E-state index in [1.807, 2.05) is 0 Å². The van der Waals surface area contributed by atoms with E-state index in [1.165, 1.54) is 0 Å². The quantitative estimate of drug-likeness (QED) is 0.498. The number of nitrogens with one attached hydrogen (secondary N) is 1. The third-order valence-corrected chi connectivity index (χ3v) is 1.06. The van der Waals surface area contributed by atoms with E-state index in [-0.39, 0.29) is 6.42 Å². The van der Waals surface area contributed by atoms with Gasteiger partial charge in [0.15, 0.2) is 0 Å². The number of hydrogen-bond donors (Lipinski definition) is 2. The van der Waals surface area contributed by atoms with Gasteiger partial charge in [-0.15, -0.1) is 0 Å². The van der Waals surface area contributed by atoms with Crippen LogP contribution in [0, 0.1) is 0 Å². The molecule has 0 aliphatic heterocycles. The smallest absolute Gasteiger partial charge is 0.303 e. The van der Waals surface area contributed by atoms with E-state index in [2.05, 4.69) is 20.5 Å². The molecule has 0 amide bonds. The van der Waals surface area contributed by atoms with Crippen LogP contribution in [0.2, 0.25) is 0 Å². The number of hydrogen-bond acceptors (Lipinski definition) is 2. The lowest BCUT2D eigenvalue weighted by Crippen LogP contribution is -2.03. The fourth-order valence-electron chi connectivity index (χ4n) is 0.306. The Labute approximate surface area is 56.4 Å². The van der Waals surface area contributed by atoms with E-state index >= 15 is 0 Å². The number of aliphatic carboxylic acids is 1. The third-order valence-electron chi connectivity index (χ3n) is 0.662. The molecule has 0 atom stereocenters. The monoisotopic (exact) mass is 181 g/mol. The van der Waals surface area contributed by atoms with Crippen molar-refractivity contribution in [1.82, 2.24) is 4.34 Å². The molecule has 0 aliphatic carbocycles. The molecular weight excluding hydrogens is 174 g/mol. The lowest BCUT2D eigenvalue weighted by atomic mass is 10.3. The summed E-state index contributed by atoms with van der Waals surface area (Å²) in [6.45, 7) is 0.701. The van der Waals surface area contributed by atoms with Gasteiger partial charge in [0.05, 0.1) is 0 Å². The molecule has 0 radical (unpaired) electrons. The Morgan fingerprint density at radius 1 is 1.75 bits per heavy atom. The maximum atomic E-state index is 9.83. The Hall–Kier alpha value is -0.0900. The molecule has 2 N–H and O–H groups in total. The van der Waals surface area contributed by atoms with Crippen LogP contribution in [0.3, 0.4) is 0 Å². The van der Waals surface area contributed by atoms with E-state index in [0.717, 1.165) is 0 Å². The molecule has 8 heavy (non-hydrogen) atoms. The lowest BCUT2D eigenvalue weighted by molar-refractivity contribution is -0.137. The van der Waals surface area contributed by atoms with Crippen molar-refractivity contribution < 1.29 is 9.90 Å². The van der Waals surface area contributed by atoms with Gasteiger partial charge in [-0.1, -0.05) is 0 Å². The van der Waals surface area contributed by atoms with Crippen molar-refractivity contribution in [3.63, 3.8) is 0 Å². The fraction of sp³-hybridized carbons (Fsp3) is 0.750. The van der Waals surface area contributed by atoms with E-state index in [1.54, 1.807) is 0 Å². The molecule has 48 valence electrons. The average molecular weight is 182 g/mol. The van der Waals surface area contributed by atoms with Crippen LogP contribution < -0.4 is 4.34 Å². The van der Waals surface area contributed by atoms with Gasteiger partial charge in [0, 0.05) is 29.1 Å². The molecule has 0 spiro atoms. The van der Waals surface area contributed by atoms with Crippen molar-refractivity contribution in [3.05, 3.63) is 0 Å². The highest BCUT2D eigenvalue weighted by Crippen LogP contribution is 1.85. The van der Waals surface area contributed by atoms with Crippen LogP contribution in [0.4, 0.5) is 0 Å². The van der Waals surface area contributed by atoms with Crippen LogP contribution in [0.15, 0.2) is 0 Å². The second kappa shape index (κ2) is 5.05. The molecule has 0 saturated heterocycles. The van der Waals surface area contributed by atoms with Gasteiger partial charge in [-0.2, -0.15) is 0 Å². The van der Waals surface area contributed by atoms with Crippen molar-refractivity contribution in [2.24, 2.45) is 0 Å². The largest absolute Gasteiger partial charge is 0.481 e. The predicted molar refractivity (Wildman–Crippen MR) is 33.8 cm³/mol. The molecule has 0 saturated carbocycles. The Kier molecular flexibility index (Phi) is 5.00. The van der Waals surface area contributed by atoms with Gasteiger partial charge in [-0.3, -0.25) is 9.14 Å². The molecule has 0 unspecified atom stereocenters. The van der Waals surface area contributed by atoms with Crippen LogP contribution in [-0.4, -0.2) is 17.6 Å². The Morgan fingerprint density at radius 2 is 2.38 bits per heavy atom. The van der Waals surface area contributed by atoms with Crippen molar-refractivity contribution >= 4 is 22.1 Å². The normalized spacial score (nSPS) is 9.12. The zero-order valence-electron chi connectivity index (χ0n) is 4.35. The molecule has 0 heterocycles. The van der Waals surface area contributed by atoms with Gasteiger partial charge in [0.1, 0.15) is 0 Å². The van der Waals surface area contributed by atoms with Gasteiger partial charge in [-0.25, -0.2) is 0 Å². The van der Waals surface area contributed by atoms with Crippen LogP contribution in [0.25, 0.3) is 0 Å². The number of rotatable bonds is 4. The zero-order chi connectivity index (χ0) is 6.41. The SMILES string of the molecule is O=C(O)CCCNBr. The molecule has 0 aromatic heterocycles. The Bertz CT molecular complexity index is 76.4. The Balaban J connectivity index is 2.82. The summed E-state index contributed by atoms with van der Waals surface area (Å²) in [6.07, 6.45) is 0.902. The average Bonchev–Trinajstić information content (AvgIpc) is 1.66. The highest BCUT2D eigenvalue weighted by atomic mass is 79.9. The number of halogens is 1.